The van der Waals surface area contributed by atoms with Gasteiger partial charge in [-0.3, -0.25) is 0 Å². The van der Waals surface area contributed by atoms with E-state index in [1.807, 2.05) is 36.4 Å². The monoisotopic (exact) mass is 348 g/mol. The fourth-order valence-corrected chi connectivity index (χ4v) is 2.69. The van der Waals surface area contributed by atoms with Crippen LogP contribution in [0.2, 0.25) is 0 Å². The lowest BCUT2D eigenvalue weighted by atomic mass is 10.2. The summed E-state index contributed by atoms with van der Waals surface area (Å²) >= 11 is 0. The molecule has 1 aromatic carbocycles. The molecule has 4 aromatic rings. The van der Waals surface area contributed by atoms with E-state index in [2.05, 4.69) is 15.4 Å². The second-order valence-corrected chi connectivity index (χ2v) is 5.48. The molecule has 130 valence electrons. The minimum absolute atomic E-state index is 0.263. The average molecular weight is 348 g/mol. The van der Waals surface area contributed by atoms with Crippen LogP contribution >= 0.6 is 0 Å². The van der Waals surface area contributed by atoms with Crippen molar-refractivity contribution in [3.05, 3.63) is 66.6 Å². The zero-order chi connectivity index (χ0) is 17.9. The van der Waals surface area contributed by atoms with Crippen molar-refractivity contribution >= 4 is 23.1 Å². The predicted molar refractivity (Wildman–Crippen MR) is 96.4 cm³/mol. The molecule has 0 aliphatic heterocycles. The Morgan fingerprint density at radius 3 is 2.77 bits per heavy atom. The number of para-hydroxylation sites is 1. The fourth-order valence-electron chi connectivity index (χ4n) is 2.69. The van der Waals surface area contributed by atoms with Gasteiger partial charge >= 0.3 is 5.97 Å². The summed E-state index contributed by atoms with van der Waals surface area (Å²) in [6.07, 6.45) is 3.20. The zero-order valence-electron chi connectivity index (χ0n) is 14.0. The number of carbonyl (C=O) groups is 1. The van der Waals surface area contributed by atoms with E-state index in [0.717, 1.165) is 5.69 Å². The van der Waals surface area contributed by atoms with Crippen molar-refractivity contribution in [3.63, 3.8) is 0 Å². The third-order valence-electron chi connectivity index (χ3n) is 3.81. The zero-order valence-corrected chi connectivity index (χ0v) is 14.0. The van der Waals surface area contributed by atoms with E-state index in [0.29, 0.717) is 22.9 Å². The maximum absolute atomic E-state index is 12.5. The first-order valence-corrected chi connectivity index (χ1v) is 8.18. The van der Waals surface area contributed by atoms with Gasteiger partial charge in [0.15, 0.2) is 17.2 Å². The van der Waals surface area contributed by atoms with Gasteiger partial charge < -0.3 is 14.5 Å². The molecule has 3 heterocycles. The molecule has 0 aliphatic carbocycles. The minimum Gasteiger partial charge on any atom is -0.463 e. The van der Waals surface area contributed by atoms with Gasteiger partial charge in [0.05, 0.1) is 12.9 Å². The number of esters is 1. The normalized spacial score (nSPS) is 10.8. The lowest BCUT2D eigenvalue weighted by molar-refractivity contribution is 0.0529. The SMILES string of the molecule is CCOC(=O)c1c(Nc2ccccc2)nn2c(-c3ccco3)ccnc12. The Balaban J connectivity index is 1.90. The predicted octanol–water partition coefficient (Wildman–Crippen LogP) is 3.91. The van der Waals surface area contributed by atoms with Crippen molar-refractivity contribution in [1.29, 1.82) is 0 Å². The van der Waals surface area contributed by atoms with Crippen molar-refractivity contribution in [1.82, 2.24) is 14.6 Å². The number of hydrogen-bond donors (Lipinski definition) is 1. The van der Waals surface area contributed by atoms with Crippen LogP contribution in [0.1, 0.15) is 17.3 Å². The largest absolute Gasteiger partial charge is 0.463 e. The molecule has 26 heavy (non-hydrogen) atoms. The molecule has 0 aliphatic rings. The number of benzene rings is 1. The Morgan fingerprint density at radius 2 is 2.04 bits per heavy atom. The first-order valence-electron chi connectivity index (χ1n) is 8.18. The molecule has 0 bridgehead atoms. The molecule has 0 radical (unpaired) electrons. The summed E-state index contributed by atoms with van der Waals surface area (Å²) in [5.41, 5.74) is 2.17. The Kier molecular flexibility index (Phi) is 4.10. The van der Waals surface area contributed by atoms with E-state index in [4.69, 9.17) is 9.15 Å². The molecule has 0 atom stereocenters. The molecule has 7 heteroatoms. The van der Waals surface area contributed by atoms with Crippen LogP contribution in [-0.2, 0) is 4.74 Å². The summed E-state index contributed by atoms with van der Waals surface area (Å²) in [4.78, 5) is 16.9. The van der Waals surface area contributed by atoms with Crippen LogP contribution in [0.4, 0.5) is 11.5 Å². The average Bonchev–Trinajstić information content (AvgIpc) is 3.30. The number of nitrogens with zero attached hydrogens (tertiary/aromatic N) is 3. The van der Waals surface area contributed by atoms with Crippen molar-refractivity contribution in [3.8, 4) is 11.5 Å². The van der Waals surface area contributed by atoms with Gasteiger partial charge in [0.25, 0.3) is 0 Å². The standard InChI is InChI=1S/C19H16N4O3/c1-2-25-19(24)16-17(21-13-7-4-3-5-8-13)22-23-14(10-11-20-18(16)23)15-9-6-12-26-15/h3-12H,2H2,1H3,(H,21,22). The molecule has 0 spiro atoms. The lowest BCUT2D eigenvalue weighted by Crippen LogP contribution is -2.07. The molecule has 0 saturated carbocycles. The highest BCUT2D eigenvalue weighted by molar-refractivity contribution is 6.02. The van der Waals surface area contributed by atoms with Crippen molar-refractivity contribution < 1.29 is 13.9 Å². The van der Waals surface area contributed by atoms with E-state index in [1.54, 1.807) is 36.0 Å². The Bertz CT molecular complexity index is 1040. The number of fused-ring (bicyclic) bond motifs is 1. The number of hydrogen-bond acceptors (Lipinski definition) is 6. The summed E-state index contributed by atoms with van der Waals surface area (Å²) in [6, 6.07) is 14.9. The summed E-state index contributed by atoms with van der Waals surface area (Å²) in [5.74, 6) is 0.521. The quantitative estimate of drug-likeness (QED) is 0.551. The van der Waals surface area contributed by atoms with E-state index in [1.165, 1.54) is 0 Å². The van der Waals surface area contributed by atoms with Gasteiger partial charge in [-0.05, 0) is 37.3 Å². The molecule has 4 rings (SSSR count). The van der Waals surface area contributed by atoms with Crippen molar-refractivity contribution in [2.75, 3.05) is 11.9 Å². The van der Waals surface area contributed by atoms with Gasteiger partial charge in [-0.1, -0.05) is 18.2 Å². The number of nitrogens with one attached hydrogen (secondary N) is 1. The number of carbonyl (C=O) groups excluding carboxylic acids is 1. The van der Waals surface area contributed by atoms with E-state index in [9.17, 15) is 4.79 Å². The highest BCUT2D eigenvalue weighted by atomic mass is 16.5. The van der Waals surface area contributed by atoms with Gasteiger partial charge in [0.2, 0.25) is 0 Å². The van der Waals surface area contributed by atoms with Crippen LogP contribution in [0.3, 0.4) is 0 Å². The van der Waals surface area contributed by atoms with E-state index in [-0.39, 0.29) is 12.2 Å². The molecule has 3 aromatic heterocycles. The minimum atomic E-state index is -0.481. The molecule has 0 saturated heterocycles. The molecule has 0 amide bonds. The molecular weight excluding hydrogens is 332 g/mol. The maximum Gasteiger partial charge on any atom is 0.345 e. The first kappa shape index (κ1) is 15.9. The molecule has 0 fully saturated rings. The number of ether oxygens (including phenoxy) is 1. The second kappa shape index (κ2) is 6.72. The number of aromatic nitrogens is 3. The molecular formula is C19H16N4O3. The molecule has 0 unspecified atom stereocenters. The summed E-state index contributed by atoms with van der Waals surface area (Å²) in [6.45, 7) is 2.02. The lowest BCUT2D eigenvalue weighted by Gasteiger charge is -2.05. The molecule has 1 N–H and O–H groups in total. The third-order valence-corrected chi connectivity index (χ3v) is 3.81. The Morgan fingerprint density at radius 1 is 1.19 bits per heavy atom. The van der Waals surface area contributed by atoms with Gasteiger partial charge in [0.1, 0.15) is 11.3 Å². The van der Waals surface area contributed by atoms with Gasteiger partial charge in [-0.2, -0.15) is 0 Å². The van der Waals surface area contributed by atoms with Crippen LogP contribution in [0, 0.1) is 0 Å². The number of anilines is 2. The fraction of sp³-hybridized carbons (Fsp3) is 0.105. The summed E-state index contributed by atoms with van der Waals surface area (Å²) in [7, 11) is 0. The summed E-state index contributed by atoms with van der Waals surface area (Å²) < 4.78 is 12.3. The van der Waals surface area contributed by atoms with E-state index >= 15 is 0 Å². The van der Waals surface area contributed by atoms with Crippen LogP contribution in [0.25, 0.3) is 17.1 Å². The third kappa shape index (κ3) is 2.79. The van der Waals surface area contributed by atoms with Crippen molar-refractivity contribution in [2.45, 2.75) is 6.92 Å². The maximum atomic E-state index is 12.5. The van der Waals surface area contributed by atoms with Crippen LogP contribution in [0.5, 0.6) is 0 Å². The van der Waals surface area contributed by atoms with E-state index < -0.39 is 5.97 Å². The number of furan rings is 1. The van der Waals surface area contributed by atoms with Gasteiger partial charge in [0, 0.05) is 11.9 Å². The highest BCUT2D eigenvalue weighted by Crippen LogP contribution is 2.28. The van der Waals surface area contributed by atoms with Crippen LogP contribution in [-0.4, -0.2) is 27.2 Å². The van der Waals surface area contributed by atoms with Crippen LogP contribution in [0.15, 0.2) is 65.4 Å². The smallest absolute Gasteiger partial charge is 0.345 e. The second-order valence-electron chi connectivity index (χ2n) is 5.48. The van der Waals surface area contributed by atoms with Crippen LogP contribution < -0.4 is 5.32 Å². The summed E-state index contributed by atoms with van der Waals surface area (Å²) in [5, 5.41) is 7.72. The van der Waals surface area contributed by atoms with Gasteiger partial charge in [-0.15, -0.1) is 5.10 Å². The number of rotatable bonds is 5. The Labute approximate surface area is 149 Å². The Hall–Kier alpha value is -3.61. The van der Waals surface area contributed by atoms with Gasteiger partial charge in [-0.25, -0.2) is 14.3 Å². The van der Waals surface area contributed by atoms with Crippen molar-refractivity contribution in [2.24, 2.45) is 0 Å². The first-order chi connectivity index (χ1) is 12.8. The highest BCUT2D eigenvalue weighted by Gasteiger charge is 2.24. The molecule has 7 nitrogen and oxygen atoms in total. The topological polar surface area (TPSA) is 81.7 Å².